The van der Waals surface area contributed by atoms with E-state index in [0.717, 1.165) is 12.1 Å². The molecule has 0 aliphatic heterocycles. The Morgan fingerprint density at radius 1 is 1.30 bits per heavy atom. The molecule has 0 saturated heterocycles. The van der Waals surface area contributed by atoms with E-state index in [1.807, 2.05) is 0 Å². The summed E-state index contributed by atoms with van der Waals surface area (Å²) in [6.45, 7) is 2.91. The molecule has 0 bridgehead atoms. The van der Waals surface area contributed by atoms with Crippen LogP contribution in [-0.4, -0.2) is 23.0 Å². The second-order valence-corrected chi connectivity index (χ2v) is 4.32. The molecule has 5 nitrogen and oxygen atoms in total. The van der Waals surface area contributed by atoms with Gasteiger partial charge < -0.3 is 10.4 Å². The summed E-state index contributed by atoms with van der Waals surface area (Å²) < 4.78 is 26.8. The van der Waals surface area contributed by atoms with Gasteiger partial charge in [-0.1, -0.05) is 6.92 Å². The Balaban J connectivity index is 3.04. The van der Waals surface area contributed by atoms with Gasteiger partial charge in [0.1, 0.15) is 23.3 Å². The Morgan fingerprint density at radius 2 is 1.80 bits per heavy atom. The molecule has 0 aliphatic carbocycles. The molecular formula is C13H12F2N2O3. The van der Waals surface area contributed by atoms with Crippen molar-refractivity contribution in [3.05, 3.63) is 34.9 Å². The zero-order valence-electron chi connectivity index (χ0n) is 10.8. The summed E-state index contributed by atoms with van der Waals surface area (Å²) in [6.07, 6.45) is -1.30. The third-order valence-electron chi connectivity index (χ3n) is 2.95. The minimum atomic E-state index is -1.30. The highest BCUT2D eigenvalue weighted by atomic mass is 19.1. The number of carboxylic acid groups (broad SMARTS) is 1. The maximum atomic E-state index is 13.4. The van der Waals surface area contributed by atoms with Gasteiger partial charge in [-0.2, -0.15) is 5.26 Å². The number of nitrogens with zero attached hydrogens (tertiary/aromatic N) is 1. The zero-order valence-corrected chi connectivity index (χ0v) is 10.8. The lowest BCUT2D eigenvalue weighted by molar-refractivity contribution is 0.0906. The molecule has 1 aromatic carbocycles. The Hall–Kier alpha value is -2.49. The smallest absolute Gasteiger partial charge is 0.404 e. The van der Waals surface area contributed by atoms with Crippen LogP contribution in [-0.2, 0) is 0 Å². The molecule has 1 aromatic rings. The molecule has 2 unspecified atom stereocenters. The van der Waals surface area contributed by atoms with Gasteiger partial charge in [0.05, 0.1) is 0 Å². The number of hydrogen-bond donors (Lipinski definition) is 2. The Labute approximate surface area is 113 Å². The molecule has 1 rings (SSSR count). The van der Waals surface area contributed by atoms with Crippen LogP contribution >= 0.6 is 0 Å². The molecule has 20 heavy (non-hydrogen) atoms. The van der Waals surface area contributed by atoms with E-state index in [9.17, 15) is 18.4 Å². The Kier molecular flexibility index (Phi) is 4.75. The van der Waals surface area contributed by atoms with Crippen molar-refractivity contribution in [3.8, 4) is 6.07 Å². The number of halogens is 2. The van der Waals surface area contributed by atoms with Gasteiger partial charge in [-0.25, -0.2) is 13.6 Å². The number of hydrogen-bond acceptors (Lipinski definition) is 3. The van der Waals surface area contributed by atoms with Crippen molar-refractivity contribution in [2.75, 3.05) is 0 Å². The average molecular weight is 282 g/mol. The molecule has 1 amide bonds. The van der Waals surface area contributed by atoms with Crippen LogP contribution in [0.4, 0.5) is 13.6 Å². The third kappa shape index (κ3) is 3.29. The normalized spacial score (nSPS) is 13.2. The van der Waals surface area contributed by atoms with Gasteiger partial charge in [-0.15, -0.1) is 0 Å². The number of amides is 1. The second kappa shape index (κ2) is 6.10. The first kappa shape index (κ1) is 15.6. The number of carbonyl (C=O) groups excluding carboxylic acids is 1. The second-order valence-electron chi connectivity index (χ2n) is 4.32. The van der Waals surface area contributed by atoms with E-state index >= 15 is 0 Å². The van der Waals surface area contributed by atoms with Gasteiger partial charge in [-0.3, -0.25) is 4.79 Å². The maximum absolute atomic E-state index is 13.4. The fraction of sp³-hybridized carbons (Fsp3) is 0.308. The van der Waals surface area contributed by atoms with E-state index in [-0.39, 0.29) is 5.56 Å². The van der Waals surface area contributed by atoms with E-state index in [4.69, 9.17) is 10.4 Å². The molecule has 0 radical (unpaired) electrons. The van der Waals surface area contributed by atoms with Crippen LogP contribution < -0.4 is 5.32 Å². The van der Waals surface area contributed by atoms with Gasteiger partial charge in [0, 0.05) is 17.5 Å². The summed E-state index contributed by atoms with van der Waals surface area (Å²) in [4.78, 5) is 22.5. The lowest BCUT2D eigenvalue weighted by Gasteiger charge is -2.18. The fourth-order valence-electron chi connectivity index (χ4n) is 1.63. The molecule has 7 heteroatoms. The summed E-state index contributed by atoms with van der Waals surface area (Å²) in [5.74, 6) is -3.67. The van der Waals surface area contributed by atoms with E-state index in [1.165, 1.54) is 19.9 Å². The summed E-state index contributed by atoms with van der Waals surface area (Å²) in [5.41, 5.74) is -1.00. The van der Waals surface area contributed by atoms with Crippen molar-refractivity contribution >= 4 is 11.9 Å². The van der Waals surface area contributed by atoms with Crippen molar-refractivity contribution < 1.29 is 23.5 Å². The van der Waals surface area contributed by atoms with Crippen molar-refractivity contribution in [2.24, 2.45) is 5.92 Å². The first-order chi connectivity index (χ1) is 9.27. The minimum Gasteiger partial charge on any atom is -0.465 e. The van der Waals surface area contributed by atoms with Crippen LogP contribution in [0.15, 0.2) is 12.1 Å². The number of carbonyl (C=O) groups is 2. The molecular weight excluding hydrogens is 270 g/mol. The molecule has 106 valence electrons. The van der Waals surface area contributed by atoms with Crippen LogP contribution in [0.3, 0.4) is 0 Å². The van der Waals surface area contributed by atoms with Crippen molar-refractivity contribution in [3.63, 3.8) is 0 Å². The van der Waals surface area contributed by atoms with Crippen LogP contribution in [0, 0.1) is 28.9 Å². The van der Waals surface area contributed by atoms with Gasteiger partial charge in [0.2, 0.25) is 0 Å². The van der Waals surface area contributed by atoms with E-state index in [2.05, 4.69) is 5.32 Å². The van der Waals surface area contributed by atoms with Crippen molar-refractivity contribution in [2.45, 2.75) is 19.9 Å². The molecule has 2 N–H and O–H groups in total. The van der Waals surface area contributed by atoms with Crippen molar-refractivity contribution in [1.82, 2.24) is 5.32 Å². The number of ketones is 1. The lowest BCUT2D eigenvalue weighted by atomic mass is 9.92. The summed E-state index contributed by atoms with van der Waals surface area (Å²) in [7, 11) is 0. The molecule has 0 aliphatic rings. The molecule has 0 aromatic heterocycles. The number of Topliss-reactive ketones (excluding diaryl/α,β-unsaturated/α-hetero) is 1. The Bertz CT molecular complexity index is 573. The quantitative estimate of drug-likeness (QED) is 0.829. The largest absolute Gasteiger partial charge is 0.465 e. The van der Waals surface area contributed by atoms with Crippen LogP contribution in [0.25, 0.3) is 0 Å². The minimum absolute atomic E-state index is 0.245. The summed E-state index contributed by atoms with van der Waals surface area (Å²) >= 11 is 0. The zero-order chi connectivity index (χ0) is 15.4. The van der Waals surface area contributed by atoms with E-state index in [1.54, 1.807) is 0 Å². The predicted molar refractivity (Wildman–Crippen MR) is 65.2 cm³/mol. The highest BCUT2D eigenvalue weighted by Crippen LogP contribution is 2.18. The van der Waals surface area contributed by atoms with Crippen LogP contribution in [0.5, 0.6) is 0 Å². The standard InChI is InChI=1S/C13H12F2N2O3/c1-6(7(2)17-13(19)20)12(18)8-3-10(14)9(5-16)11(15)4-8/h3-4,6-7,17H,1-2H3,(H,19,20). The van der Waals surface area contributed by atoms with Gasteiger partial charge >= 0.3 is 6.09 Å². The monoisotopic (exact) mass is 282 g/mol. The number of rotatable bonds is 4. The van der Waals surface area contributed by atoms with Crippen LogP contribution in [0.2, 0.25) is 0 Å². The highest BCUT2D eigenvalue weighted by Gasteiger charge is 2.24. The highest BCUT2D eigenvalue weighted by molar-refractivity contribution is 5.98. The Morgan fingerprint density at radius 3 is 2.20 bits per heavy atom. The molecule has 0 heterocycles. The molecule has 2 atom stereocenters. The van der Waals surface area contributed by atoms with Crippen molar-refractivity contribution in [1.29, 1.82) is 5.26 Å². The van der Waals surface area contributed by atoms with E-state index in [0.29, 0.717) is 0 Å². The van der Waals surface area contributed by atoms with Gasteiger partial charge in [0.25, 0.3) is 0 Å². The predicted octanol–water partition coefficient (Wildman–Crippen LogP) is 2.31. The van der Waals surface area contributed by atoms with Gasteiger partial charge in [0.15, 0.2) is 5.78 Å². The van der Waals surface area contributed by atoms with E-state index < -0.39 is 41.0 Å². The average Bonchev–Trinajstić information content (AvgIpc) is 2.35. The summed E-state index contributed by atoms with van der Waals surface area (Å²) in [6, 6.07) is 2.18. The number of nitrogens with one attached hydrogen (secondary N) is 1. The number of benzene rings is 1. The third-order valence-corrected chi connectivity index (χ3v) is 2.95. The van der Waals surface area contributed by atoms with Crippen LogP contribution in [0.1, 0.15) is 29.8 Å². The summed E-state index contributed by atoms with van der Waals surface area (Å²) in [5, 5.41) is 19.2. The van der Waals surface area contributed by atoms with Gasteiger partial charge in [-0.05, 0) is 19.1 Å². The first-order valence-electron chi connectivity index (χ1n) is 5.70. The molecule has 0 spiro atoms. The topological polar surface area (TPSA) is 90.2 Å². The first-order valence-corrected chi connectivity index (χ1v) is 5.70. The SMILES string of the molecule is CC(NC(=O)O)C(C)C(=O)c1cc(F)c(C#N)c(F)c1. The number of nitriles is 1. The molecule has 0 saturated carbocycles. The maximum Gasteiger partial charge on any atom is 0.404 e. The molecule has 0 fully saturated rings. The fourth-order valence-corrected chi connectivity index (χ4v) is 1.63. The lowest BCUT2D eigenvalue weighted by Crippen LogP contribution is -2.39.